The van der Waals surface area contributed by atoms with Crippen LogP contribution in [0, 0.1) is 0 Å². The summed E-state index contributed by atoms with van der Waals surface area (Å²) in [4.78, 5) is 41.9. The van der Waals surface area contributed by atoms with Gasteiger partial charge in [0.1, 0.15) is 11.6 Å². The lowest BCUT2D eigenvalue weighted by atomic mass is 10.1. The van der Waals surface area contributed by atoms with Gasteiger partial charge in [0.05, 0.1) is 19.9 Å². The van der Waals surface area contributed by atoms with Gasteiger partial charge in [0, 0.05) is 12.1 Å². The van der Waals surface area contributed by atoms with Crippen LogP contribution in [-0.4, -0.2) is 29.2 Å². The SMILES string of the molecule is CCCCn1c(N)c(N(Cc2ccco2)C(=O)c2ccc(OC(F)F)c(OC)c2)c(=O)[nH]c1=O. The minimum atomic E-state index is -3.09. The molecule has 1 amide bonds. The van der Waals surface area contributed by atoms with Crippen molar-refractivity contribution in [3.8, 4) is 11.5 Å². The number of halogens is 2. The normalized spacial score (nSPS) is 11.0. The predicted molar refractivity (Wildman–Crippen MR) is 119 cm³/mol. The van der Waals surface area contributed by atoms with E-state index in [0.29, 0.717) is 12.2 Å². The van der Waals surface area contributed by atoms with E-state index in [-0.39, 0.29) is 41.7 Å². The molecule has 0 atom stereocenters. The highest BCUT2D eigenvalue weighted by Crippen LogP contribution is 2.31. The summed E-state index contributed by atoms with van der Waals surface area (Å²) in [5.41, 5.74) is 4.39. The number of alkyl halides is 2. The summed E-state index contributed by atoms with van der Waals surface area (Å²) in [6.45, 7) is -1.12. The van der Waals surface area contributed by atoms with Gasteiger partial charge in [-0.15, -0.1) is 0 Å². The van der Waals surface area contributed by atoms with E-state index in [9.17, 15) is 23.2 Å². The van der Waals surface area contributed by atoms with E-state index in [4.69, 9.17) is 14.9 Å². The number of nitrogen functional groups attached to an aromatic ring is 1. The van der Waals surface area contributed by atoms with Crippen molar-refractivity contribution in [1.29, 1.82) is 0 Å². The first-order valence-corrected chi connectivity index (χ1v) is 10.4. The Bertz CT molecular complexity index is 1250. The fourth-order valence-corrected chi connectivity index (χ4v) is 3.34. The number of methoxy groups -OCH3 is 1. The molecule has 2 heterocycles. The fraction of sp³-hybridized carbons (Fsp3) is 0.318. The molecule has 10 nitrogen and oxygen atoms in total. The minimum Gasteiger partial charge on any atom is -0.493 e. The molecule has 0 fully saturated rings. The predicted octanol–water partition coefficient (Wildman–Crippen LogP) is 2.97. The Morgan fingerprint density at radius 2 is 2.03 bits per heavy atom. The molecule has 0 radical (unpaired) electrons. The number of benzene rings is 1. The van der Waals surface area contributed by atoms with Crippen molar-refractivity contribution in [2.24, 2.45) is 0 Å². The van der Waals surface area contributed by atoms with Gasteiger partial charge in [-0.25, -0.2) is 4.79 Å². The number of aromatic amines is 1. The number of amides is 1. The maximum Gasteiger partial charge on any atom is 0.387 e. The number of carbonyl (C=O) groups excluding carboxylic acids is 1. The Kier molecular flexibility index (Phi) is 7.71. The monoisotopic (exact) mass is 478 g/mol. The molecular formula is C22H24F2N4O6. The molecule has 3 aromatic rings. The molecule has 1 aromatic carbocycles. The number of furan rings is 1. The zero-order valence-corrected chi connectivity index (χ0v) is 18.5. The van der Waals surface area contributed by atoms with Crippen LogP contribution in [0.2, 0.25) is 0 Å². The van der Waals surface area contributed by atoms with E-state index in [1.54, 1.807) is 12.1 Å². The lowest BCUT2D eigenvalue weighted by Gasteiger charge is -2.24. The summed E-state index contributed by atoms with van der Waals surface area (Å²) in [6, 6.07) is 6.80. The number of aromatic nitrogens is 2. The van der Waals surface area contributed by atoms with Gasteiger partial charge >= 0.3 is 12.3 Å². The number of anilines is 2. The number of hydrogen-bond donors (Lipinski definition) is 2. The van der Waals surface area contributed by atoms with Gasteiger partial charge < -0.3 is 19.6 Å². The lowest BCUT2D eigenvalue weighted by Crippen LogP contribution is -2.41. The van der Waals surface area contributed by atoms with Crippen LogP contribution in [0.4, 0.5) is 20.3 Å². The van der Waals surface area contributed by atoms with Crippen molar-refractivity contribution < 1.29 is 27.5 Å². The van der Waals surface area contributed by atoms with Crippen molar-refractivity contribution in [3.63, 3.8) is 0 Å². The highest BCUT2D eigenvalue weighted by molar-refractivity contribution is 6.07. The Morgan fingerprint density at radius 1 is 1.26 bits per heavy atom. The number of unbranched alkanes of at least 4 members (excludes halogenated alkanes) is 1. The van der Waals surface area contributed by atoms with Crippen LogP contribution in [0.3, 0.4) is 0 Å². The van der Waals surface area contributed by atoms with Crippen LogP contribution < -0.4 is 31.4 Å². The fourth-order valence-electron chi connectivity index (χ4n) is 3.34. The zero-order valence-electron chi connectivity index (χ0n) is 18.5. The number of ether oxygens (including phenoxy) is 2. The minimum absolute atomic E-state index is 0.00451. The van der Waals surface area contributed by atoms with Crippen molar-refractivity contribution in [2.75, 3.05) is 17.7 Å². The number of nitrogens with zero attached hydrogens (tertiary/aromatic N) is 2. The van der Waals surface area contributed by atoms with Crippen LogP contribution in [0.5, 0.6) is 11.5 Å². The van der Waals surface area contributed by atoms with Crippen molar-refractivity contribution in [3.05, 3.63) is 68.8 Å². The van der Waals surface area contributed by atoms with Gasteiger partial charge in [-0.1, -0.05) is 13.3 Å². The average molecular weight is 478 g/mol. The third-order valence-corrected chi connectivity index (χ3v) is 4.99. The average Bonchev–Trinajstić information content (AvgIpc) is 3.31. The van der Waals surface area contributed by atoms with Gasteiger partial charge in [-0.05, 0) is 36.8 Å². The second-order valence-electron chi connectivity index (χ2n) is 7.21. The molecular weight excluding hydrogens is 454 g/mol. The number of hydrogen-bond acceptors (Lipinski definition) is 7. The quantitative estimate of drug-likeness (QED) is 0.458. The van der Waals surface area contributed by atoms with Crippen LogP contribution in [0.25, 0.3) is 0 Å². The first-order chi connectivity index (χ1) is 16.3. The maximum absolute atomic E-state index is 13.5. The van der Waals surface area contributed by atoms with Crippen molar-refractivity contribution in [1.82, 2.24) is 9.55 Å². The van der Waals surface area contributed by atoms with Gasteiger partial charge in [-0.2, -0.15) is 8.78 Å². The number of rotatable bonds is 10. The molecule has 12 heteroatoms. The van der Waals surface area contributed by atoms with E-state index >= 15 is 0 Å². The molecule has 3 N–H and O–H groups in total. The van der Waals surface area contributed by atoms with Crippen molar-refractivity contribution in [2.45, 2.75) is 39.5 Å². The standard InChI is InChI=1S/C22H24F2N4O6/c1-3-4-9-27-18(25)17(19(29)26-22(27)31)28(12-14-6-5-10-33-14)20(30)13-7-8-15(34-21(23)24)16(11-13)32-2/h5-8,10-11,21H,3-4,9,12,25H2,1-2H3,(H,26,29,31). The topological polar surface area (TPSA) is 133 Å². The molecule has 3 rings (SSSR count). The van der Waals surface area contributed by atoms with E-state index in [1.807, 2.05) is 6.92 Å². The highest BCUT2D eigenvalue weighted by atomic mass is 19.3. The molecule has 0 bridgehead atoms. The number of carbonyl (C=O) groups is 1. The molecule has 2 aromatic heterocycles. The Hall–Kier alpha value is -4.09. The number of nitrogens with two attached hydrogens (primary N) is 1. The largest absolute Gasteiger partial charge is 0.493 e. The summed E-state index contributed by atoms with van der Waals surface area (Å²) in [5, 5.41) is 0. The second kappa shape index (κ2) is 10.7. The van der Waals surface area contributed by atoms with E-state index in [0.717, 1.165) is 17.4 Å². The molecule has 0 saturated heterocycles. The van der Waals surface area contributed by atoms with Crippen LogP contribution in [0.1, 0.15) is 35.9 Å². The number of H-pyrrole nitrogens is 1. The number of nitrogens with one attached hydrogen (secondary N) is 1. The van der Waals surface area contributed by atoms with E-state index < -0.39 is 23.8 Å². The summed E-state index contributed by atoms with van der Waals surface area (Å²) in [7, 11) is 1.23. The van der Waals surface area contributed by atoms with Crippen LogP contribution >= 0.6 is 0 Å². The first kappa shape index (κ1) is 24.6. The van der Waals surface area contributed by atoms with Gasteiger partial charge in [-0.3, -0.25) is 24.0 Å². The first-order valence-electron chi connectivity index (χ1n) is 10.4. The van der Waals surface area contributed by atoms with E-state index in [1.165, 1.54) is 30.1 Å². The maximum atomic E-state index is 13.5. The third kappa shape index (κ3) is 5.27. The second-order valence-corrected chi connectivity index (χ2v) is 7.21. The zero-order chi connectivity index (χ0) is 24.8. The Morgan fingerprint density at radius 3 is 2.65 bits per heavy atom. The highest BCUT2D eigenvalue weighted by Gasteiger charge is 2.27. The van der Waals surface area contributed by atoms with E-state index in [2.05, 4.69) is 9.72 Å². The molecule has 34 heavy (non-hydrogen) atoms. The molecule has 0 spiro atoms. The Labute approximate surface area is 192 Å². The van der Waals surface area contributed by atoms with Crippen LogP contribution in [-0.2, 0) is 13.1 Å². The molecule has 0 unspecified atom stereocenters. The molecule has 0 aliphatic heterocycles. The summed E-state index contributed by atoms with van der Waals surface area (Å²) < 4.78 is 41.3. The van der Waals surface area contributed by atoms with Gasteiger partial charge in [0.15, 0.2) is 17.2 Å². The van der Waals surface area contributed by atoms with Gasteiger partial charge in [0.2, 0.25) is 0 Å². The van der Waals surface area contributed by atoms with Crippen molar-refractivity contribution >= 4 is 17.4 Å². The molecule has 0 aliphatic rings. The molecule has 0 aliphatic carbocycles. The lowest BCUT2D eigenvalue weighted by molar-refractivity contribution is -0.0512. The third-order valence-electron chi connectivity index (χ3n) is 4.99. The Balaban J connectivity index is 2.12. The summed E-state index contributed by atoms with van der Waals surface area (Å²) >= 11 is 0. The van der Waals surface area contributed by atoms with Gasteiger partial charge in [0.25, 0.3) is 11.5 Å². The molecule has 182 valence electrons. The molecule has 0 saturated carbocycles. The summed E-state index contributed by atoms with van der Waals surface area (Å²) in [6.07, 6.45) is 2.78. The summed E-state index contributed by atoms with van der Waals surface area (Å²) in [5.74, 6) is -0.943. The van der Waals surface area contributed by atoms with Crippen LogP contribution in [0.15, 0.2) is 50.6 Å². The smallest absolute Gasteiger partial charge is 0.387 e.